The predicted octanol–water partition coefficient (Wildman–Crippen LogP) is 1.99. The fraction of sp³-hybridized carbons (Fsp3) is 0.333. The molecule has 0 saturated carbocycles. The second-order valence-corrected chi connectivity index (χ2v) is 3.88. The number of para-hydroxylation sites is 2. The summed E-state index contributed by atoms with van der Waals surface area (Å²) >= 11 is 0. The number of alkyl carbamates (subject to hydrolysis) is 1. The molecule has 1 aromatic heterocycles. The molecule has 0 aliphatic carbocycles. The average molecular weight is 233 g/mol. The molecule has 1 heterocycles. The Labute approximate surface area is 99.4 Å². The minimum absolute atomic E-state index is 0.195. The van der Waals surface area contributed by atoms with Gasteiger partial charge in [0.25, 0.3) is 0 Å². The van der Waals surface area contributed by atoms with Gasteiger partial charge in [-0.3, -0.25) is 0 Å². The van der Waals surface area contributed by atoms with E-state index >= 15 is 0 Å². The number of carbonyl (C=O) groups is 1. The van der Waals surface area contributed by atoms with Crippen LogP contribution in [0.3, 0.4) is 0 Å². The van der Waals surface area contributed by atoms with Crippen molar-refractivity contribution in [2.45, 2.75) is 13.0 Å². The lowest BCUT2D eigenvalue weighted by molar-refractivity contribution is 0.167. The lowest BCUT2D eigenvalue weighted by Gasteiger charge is -2.12. The average Bonchev–Trinajstić information content (AvgIpc) is 2.67. The Balaban J connectivity index is 2.35. The van der Waals surface area contributed by atoms with Gasteiger partial charge < -0.3 is 14.6 Å². The molecule has 5 nitrogen and oxygen atoms in total. The summed E-state index contributed by atoms with van der Waals surface area (Å²) in [6, 6.07) is 7.66. The van der Waals surface area contributed by atoms with Crippen LogP contribution in [0.15, 0.2) is 24.3 Å². The second-order valence-electron chi connectivity index (χ2n) is 3.88. The fourth-order valence-electron chi connectivity index (χ4n) is 1.85. The van der Waals surface area contributed by atoms with Gasteiger partial charge in [-0.2, -0.15) is 0 Å². The monoisotopic (exact) mass is 233 g/mol. The highest BCUT2D eigenvalue weighted by Gasteiger charge is 2.16. The number of aryl methyl sites for hydroxylation is 1. The summed E-state index contributed by atoms with van der Waals surface area (Å²) in [6.07, 6.45) is -0.454. The number of rotatable bonds is 2. The van der Waals surface area contributed by atoms with Crippen LogP contribution in [0.25, 0.3) is 11.0 Å². The van der Waals surface area contributed by atoms with Crippen LogP contribution in [0, 0.1) is 0 Å². The molecule has 0 bridgehead atoms. The highest BCUT2D eigenvalue weighted by atomic mass is 16.5. The first kappa shape index (κ1) is 11.4. The van der Waals surface area contributed by atoms with Gasteiger partial charge in [0.05, 0.1) is 24.2 Å². The quantitative estimate of drug-likeness (QED) is 0.863. The lowest BCUT2D eigenvalue weighted by Crippen LogP contribution is -2.28. The SMILES string of the molecule is COC(=O)NC(C)c1nc2ccccc2n1C. The van der Waals surface area contributed by atoms with Crippen LogP contribution in [0.4, 0.5) is 4.79 Å². The zero-order valence-electron chi connectivity index (χ0n) is 10.1. The minimum atomic E-state index is -0.454. The number of fused-ring (bicyclic) bond motifs is 1. The summed E-state index contributed by atoms with van der Waals surface area (Å²) in [5.41, 5.74) is 1.96. The molecule has 90 valence electrons. The second kappa shape index (κ2) is 4.45. The van der Waals surface area contributed by atoms with Crippen LogP contribution in [0.5, 0.6) is 0 Å². The molecule has 1 atom stereocenters. The predicted molar refractivity (Wildman–Crippen MR) is 64.7 cm³/mol. The molecule has 17 heavy (non-hydrogen) atoms. The van der Waals surface area contributed by atoms with E-state index in [0.717, 1.165) is 16.9 Å². The van der Waals surface area contributed by atoms with E-state index in [1.165, 1.54) is 7.11 Å². The number of ether oxygens (including phenoxy) is 1. The fourth-order valence-corrected chi connectivity index (χ4v) is 1.85. The molecular weight excluding hydrogens is 218 g/mol. The van der Waals surface area contributed by atoms with Gasteiger partial charge in [0, 0.05) is 7.05 Å². The maximum absolute atomic E-state index is 11.2. The number of amides is 1. The van der Waals surface area contributed by atoms with E-state index in [2.05, 4.69) is 15.0 Å². The summed E-state index contributed by atoms with van der Waals surface area (Å²) in [6.45, 7) is 1.87. The Hall–Kier alpha value is -2.04. The van der Waals surface area contributed by atoms with Crippen molar-refractivity contribution in [3.8, 4) is 0 Å². The molecule has 1 unspecified atom stereocenters. The van der Waals surface area contributed by atoms with Gasteiger partial charge in [-0.25, -0.2) is 9.78 Å². The summed E-state index contributed by atoms with van der Waals surface area (Å²) < 4.78 is 6.54. The molecule has 0 aliphatic heterocycles. The summed E-state index contributed by atoms with van der Waals surface area (Å²) in [7, 11) is 3.27. The van der Waals surface area contributed by atoms with Gasteiger partial charge in [-0.1, -0.05) is 12.1 Å². The molecule has 1 amide bonds. The molecule has 0 fully saturated rings. The number of methoxy groups -OCH3 is 1. The van der Waals surface area contributed by atoms with E-state index in [0.29, 0.717) is 0 Å². The molecular formula is C12H15N3O2. The molecule has 1 aromatic carbocycles. The van der Waals surface area contributed by atoms with Gasteiger partial charge >= 0.3 is 6.09 Å². The van der Waals surface area contributed by atoms with Crippen LogP contribution < -0.4 is 5.32 Å². The van der Waals surface area contributed by atoms with E-state index in [4.69, 9.17) is 0 Å². The van der Waals surface area contributed by atoms with Gasteiger partial charge in [0.1, 0.15) is 5.82 Å². The molecule has 0 radical (unpaired) electrons. The highest BCUT2D eigenvalue weighted by Crippen LogP contribution is 2.18. The van der Waals surface area contributed by atoms with E-state index in [9.17, 15) is 4.79 Å². The van der Waals surface area contributed by atoms with E-state index < -0.39 is 6.09 Å². The van der Waals surface area contributed by atoms with Crippen LogP contribution in [-0.4, -0.2) is 22.8 Å². The Morgan fingerprint density at radius 2 is 2.18 bits per heavy atom. The standard InChI is InChI=1S/C12H15N3O2/c1-8(13-12(16)17-3)11-14-9-6-4-5-7-10(9)15(11)2/h4-8H,1-3H3,(H,13,16). The van der Waals surface area contributed by atoms with Crippen molar-refractivity contribution in [3.05, 3.63) is 30.1 Å². The number of hydrogen-bond donors (Lipinski definition) is 1. The maximum atomic E-state index is 11.2. The first-order chi connectivity index (χ1) is 8.13. The number of carbonyl (C=O) groups excluding carboxylic acids is 1. The number of hydrogen-bond acceptors (Lipinski definition) is 3. The normalized spacial score (nSPS) is 12.4. The summed E-state index contributed by atoms with van der Waals surface area (Å²) in [5.74, 6) is 0.802. The van der Waals surface area contributed by atoms with Crippen LogP contribution >= 0.6 is 0 Å². The van der Waals surface area contributed by atoms with Crippen molar-refractivity contribution < 1.29 is 9.53 Å². The Bertz CT molecular complexity index is 548. The first-order valence-electron chi connectivity index (χ1n) is 5.39. The van der Waals surface area contributed by atoms with Crippen LogP contribution in [0.2, 0.25) is 0 Å². The van der Waals surface area contributed by atoms with Gasteiger partial charge in [-0.15, -0.1) is 0 Å². The maximum Gasteiger partial charge on any atom is 0.407 e. The molecule has 0 saturated heterocycles. The van der Waals surface area contributed by atoms with Gasteiger partial charge in [0.15, 0.2) is 0 Å². The van der Waals surface area contributed by atoms with Gasteiger partial charge in [0.2, 0.25) is 0 Å². The molecule has 2 rings (SSSR count). The van der Waals surface area contributed by atoms with Crippen molar-refractivity contribution in [1.82, 2.24) is 14.9 Å². The number of nitrogens with one attached hydrogen (secondary N) is 1. The molecule has 5 heteroatoms. The van der Waals surface area contributed by atoms with Crippen LogP contribution in [-0.2, 0) is 11.8 Å². The van der Waals surface area contributed by atoms with E-state index in [1.54, 1.807) is 0 Å². The third-order valence-corrected chi connectivity index (χ3v) is 2.73. The number of benzene rings is 1. The molecule has 1 N–H and O–H groups in total. The Morgan fingerprint density at radius 3 is 2.82 bits per heavy atom. The molecule has 2 aromatic rings. The Morgan fingerprint density at radius 1 is 1.47 bits per heavy atom. The molecule has 0 aliphatic rings. The lowest BCUT2D eigenvalue weighted by atomic mass is 10.3. The van der Waals surface area contributed by atoms with Gasteiger partial charge in [-0.05, 0) is 19.1 Å². The number of nitrogens with zero attached hydrogens (tertiary/aromatic N) is 2. The largest absolute Gasteiger partial charge is 0.453 e. The smallest absolute Gasteiger partial charge is 0.407 e. The minimum Gasteiger partial charge on any atom is -0.453 e. The molecule has 0 spiro atoms. The number of imidazole rings is 1. The van der Waals surface area contributed by atoms with Crippen molar-refractivity contribution >= 4 is 17.1 Å². The summed E-state index contributed by atoms with van der Waals surface area (Å²) in [4.78, 5) is 15.6. The van der Waals surface area contributed by atoms with Crippen molar-refractivity contribution in [2.24, 2.45) is 7.05 Å². The highest BCUT2D eigenvalue weighted by molar-refractivity contribution is 5.76. The number of aromatic nitrogens is 2. The Kier molecular flexibility index (Phi) is 2.99. The van der Waals surface area contributed by atoms with Crippen LogP contribution in [0.1, 0.15) is 18.8 Å². The summed E-state index contributed by atoms with van der Waals surface area (Å²) in [5, 5.41) is 2.70. The topological polar surface area (TPSA) is 56.1 Å². The van der Waals surface area contributed by atoms with E-state index in [1.807, 2.05) is 42.8 Å². The van der Waals surface area contributed by atoms with Crippen molar-refractivity contribution in [3.63, 3.8) is 0 Å². The first-order valence-corrected chi connectivity index (χ1v) is 5.39. The van der Waals surface area contributed by atoms with E-state index in [-0.39, 0.29) is 6.04 Å². The zero-order chi connectivity index (χ0) is 12.4. The third kappa shape index (κ3) is 2.08. The van der Waals surface area contributed by atoms with Crippen molar-refractivity contribution in [1.29, 1.82) is 0 Å². The zero-order valence-corrected chi connectivity index (χ0v) is 10.1. The third-order valence-electron chi connectivity index (χ3n) is 2.73. The van der Waals surface area contributed by atoms with Crippen molar-refractivity contribution in [2.75, 3.05) is 7.11 Å².